The second-order valence-corrected chi connectivity index (χ2v) is 3.85. The van der Waals surface area contributed by atoms with E-state index < -0.39 is 0 Å². The summed E-state index contributed by atoms with van der Waals surface area (Å²) in [6.07, 6.45) is 2.78. The van der Waals surface area contributed by atoms with Gasteiger partial charge >= 0.3 is 0 Å². The van der Waals surface area contributed by atoms with Crippen molar-refractivity contribution in [2.24, 2.45) is 11.8 Å². The fourth-order valence-electron chi connectivity index (χ4n) is 2.40. The maximum atomic E-state index is 2.34. The van der Waals surface area contributed by atoms with Gasteiger partial charge in [0, 0.05) is 11.8 Å². The Morgan fingerprint density at radius 2 is 1.45 bits per heavy atom. The topological polar surface area (TPSA) is 4.44 Å². The number of nitrogens with one attached hydrogen (secondary N) is 1. The molecule has 0 amide bonds. The van der Waals surface area contributed by atoms with Gasteiger partial charge in [0.1, 0.15) is 0 Å². The van der Waals surface area contributed by atoms with Gasteiger partial charge in [0.05, 0.1) is 19.6 Å². The Bertz CT molecular complexity index is 99.4. The van der Waals surface area contributed by atoms with E-state index in [0.717, 1.165) is 11.8 Å². The third-order valence-electron chi connectivity index (χ3n) is 3.32. The van der Waals surface area contributed by atoms with Crippen molar-refractivity contribution < 1.29 is 4.90 Å². The summed E-state index contributed by atoms with van der Waals surface area (Å²) in [5.41, 5.74) is 0. The summed E-state index contributed by atoms with van der Waals surface area (Å²) >= 11 is 0. The third kappa shape index (κ3) is 1.96. The third-order valence-corrected chi connectivity index (χ3v) is 3.32. The lowest BCUT2D eigenvalue weighted by Crippen LogP contribution is -3.10. The average Bonchev–Trinajstić information content (AvgIpc) is 2.46. The molecule has 1 nitrogen and oxygen atoms in total. The number of likely N-dealkylation sites (tertiary alicyclic amines) is 1. The molecular weight excluding hydrogens is 134 g/mol. The van der Waals surface area contributed by atoms with Crippen LogP contribution in [0.3, 0.4) is 0 Å². The van der Waals surface area contributed by atoms with Crippen LogP contribution in [0.1, 0.15) is 33.6 Å². The molecule has 66 valence electrons. The molecule has 0 bridgehead atoms. The Morgan fingerprint density at radius 1 is 1.00 bits per heavy atom. The van der Waals surface area contributed by atoms with Crippen LogP contribution < -0.4 is 4.90 Å². The molecule has 0 radical (unpaired) electrons. The standard InChI is InChI=1S/C10H21N/c1-4-9-7-11(6-3)8-10(9)5-2/h9-10H,4-8H2,1-3H3/p+1. The van der Waals surface area contributed by atoms with Gasteiger partial charge in [-0.3, -0.25) is 0 Å². The summed E-state index contributed by atoms with van der Waals surface area (Å²) in [5.74, 6) is 2.05. The van der Waals surface area contributed by atoms with Gasteiger partial charge in [-0.05, 0) is 19.8 Å². The van der Waals surface area contributed by atoms with Crippen molar-refractivity contribution in [2.45, 2.75) is 33.6 Å². The van der Waals surface area contributed by atoms with E-state index in [1.54, 1.807) is 0 Å². The lowest BCUT2D eigenvalue weighted by atomic mass is 9.92. The number of hydrogen-bond acceptors (Lipinski definition) is 0. The number of rotatable bonds is 3. The van der Waals surface area contributed by atoms with Crippen molar-refractivity contribution in [3.05, 3.63) is 0 Å². The SMILES string of the molecule is CCC1C[NH+](CC)CC1CC. The molecule has 0 aromatic heterocycles. The Kier molecular flexibility index (Phi) is 3.38. The molecular formula is C10H22N+. The Morgan fingerprint density at radius 3 is 1.73 bits per heavy atom. The first-order chi connectivity index (χ1) is 5.31. The van der Waals surface area contributed by atoms with Crippen LogP contribution in [0.4, 0.5) is 0 Å². The van der Waals surface area contributed by atoms with Gasteiger partial charge in [0.25, 0.3) is 0 Å². The van der Waals surface area contributed by atoms with Gasteiger partial charge in [-0.25, -0.2) is 0 Å². The maximum absolute atomic E-state index is 2.34. The van der Waals surface area contributed by atoms with Gasteiger partial charge in [-0.1, -0.05) is 13.8 Å². The molecule has 0 aromatic carbocycles. The zero-order valence-corrected chi connectivity index (χ0v) is 8.19. The normalized spacial score (nSPS) is 37.9. The molecule has 11 heavy (non-hydrogen) atoms. The zero-order chi connectivity index (χ0) is 8.27. The summed E-state index contributed by atoms with van der Waals surface area (Å²) in [5, 5.41) is 0. The lowest BCUT2D eigenvalue weighted by molar-refractivity contribution is -0.888. The number of hydrogen-bond donors (Lipinski definition) is 1. The van der Waals surface area contributed by atoms with Crippen molar-refractivity contribution in [1.29, 1.82) is 0 Å². The van der Waals surface area contributed by atoms with Crippen LogP contribution in [0.25, 0.3) is 0 Å². The molecule has 0 saturated carbocycles. The predicted octanol–water partition coefficient (Wildman–Crippen LogP) is 0.957. The highest BCUT2D eigenvalue weighted by Gasteiger charge is 2.32. The summed E-state index contributed by atoms with van der Waals surface area (Å²) in [6.45, 7) is 11.2. The molecule has 1 aliphatic rings. The van der Waals surface area contributed by atoms with Crippen molar-refractivity contribution in [3.63, 3.8) is 0 Å². The highest BCUT2D eigenvalue weighted by atomic mass is 15.1. The minimum absolute atomic E-state index is 1.02. The summed E-state index contributed by atoms with van der Waals surface area (Å²) in [6, 6.07) is 0. The van der Waals surface area contributed by atoms with Crippen LogP contribution in [-0.4, -0.2) is 19.6 Å². The van der Waals surface area contributed by atoms with E-state index in [0.29, 0.717) is 0 Å². The fraction of sp³-hybridized carbons (Fsp3) is 1.00. The molecule has 2 unspecified atom stereocenters. The molecule has 1 heteroatoms. The predicted molar refractivity (Wildman–Crippen MR) is 48.8 cm³/mol. The van der Waals surface area contributed by atoms with E-state index in [-0.39, 0.29) is 0 Å². The monoisotopic (exact) mass is 156 g/mol. The zero-order valence-electron chi connectivity index (χ0n) is 8.19. The van der Waals surface area contributed by atoms with E-state index in [4.69, 9.17) is 0 Å². The van der Waals surface area contributed by atoms with E-state index in [9.17, 15) is 0 Å². The molecule has 1 rings (SSSR count). The Balaban J connectivity index is 2.41. The van der Waals surface area contributed by atoms with Crippen molar-refractivity contribution >= 4 is 0 Å². The molecule has 0 aromatic rings. The average molecular weight is 156 g/mol. The maximum Gasteiger partial charge on any atom is 0.0804 e. The van der Waals surface area contributed by atoms with E-state index in [1.165, 1.54) is 32.5 Å². The highest BCUT2D eigenvalue weighted by Crippen LogP contribution is 2.19. The van der Waals surface area contributed by atoms with Crippen LogP contribution in [0.5, 0.6) is 0 Å². The fourth-order valence-corrected chi connectivity index (χ4v) is 2.40. The Hall–Kier alpha value is -0.0400. The van der Waals surface area contributed by atoms with Crippen LogP contribution in [0, 0.1) is 11.8 Å². The first-order valence-electron chi connectivity index (χ1n) is 5.15. The van der Waals surface area contributed by atoms with Crippen LogP contribution in [-0.2, 0) is 0 Å². The van der Waals surface area contributed by atoms with Gasteiger partial charge in [-0.15, -0.1) is 0 Å². The van der Waals surface area contributed by atoms with Gasteiger partial charge in [0.15, 0.2) is 0 Å². The second-order valence-electron chi connectivity index (χ2n) is 3.85. The summed E-state index contributed by atoms with van der Waals surface area (Å²) in [4.78, 5) is 1.82. The first kappa shape index (κ1) is 9.05. The van der Waals surface area contributed by atoms with Crippen molar-refractivity contribution in [3.8, 4) is 0 Å². The lowest BCUT2D eigenvalue weighted by Gasteiger charge is -2.09. The molecule has 1 aliphatic heterocycles. The number of quaternary nitrogens is 1. The highest BCUT2D eigenvalue weighted by molar-refractivity contribution is 4.70. The van der Waals surface area contributed by atoms with E-state index in [2.05, 4.69) is 20.8 Å². The van der Waals surface area contributed by atoms with Crippen LogP contribution >= 0.6 is 0 Å². The molecule has 0 spiro atoms. The minimum atomic E-state index is 1.02. The second kappa shape index (κ2) is 4.10. The quantitative estimate of drug-likeness (QED) is 0.621. The Labute approximate surface area is 70.8 Å². The van der Waals surface area contributed by atoms with Gasteiger partial charge in [0.2, 0.25) is 0 Å². The van der Waals surface area contributed by atoms with Crippen molar-refractivity contribution in [1.82, 2.24) is 0 Å². The minimum Gasteiger partial charge on any atom is -0.335 e. The molecule has 0 aliphatic carbocycles. The molecule has 1 heterocycles. The van der Waals surface area contributed by atoms with Crippen molar-refractivity contribution in [2.75, 3.05) is 19.6 Å². The van der Waals surface area contributed by atoms with E-state index >= 15 is 0 Å². The van der Waals surface area contributed by atoms with Crippen LogP contribution in [0.2, 0.25) is 0 Å². The molecule has 1 fully saturated rings. The van der Waals surface area contributed by atoms with Gasteiger partial charge < -0.3 is 4.90 Å². The molecule has 1 saturated heterocycles. The van der Waals surface area contributed by atoms with E-state index in [1.807, 2.05) is 4.90 Å². The first-order valence-corrected chi connectivity index (χ1v) is 5.15. The largest absolute Gasteiger partial charge is 0.335 e. The molecule has 1 N–H and O–H groups in total. The van der Waals surface area contributed by atoms with Crippen LogP contribution in [0.15, 0.2) is 0 Å². The smallest absolute Gasteiger partial charge is 0.0804 e. The van der Waals surface area contributed by atoms with Gasteiger partial charge in [-0.2, -0.15) is 0 Å². The molecule has 2 atom stereocenters. The summed E-state index contributed by atoms with van der Waals surface area (Å²) in [7, 11) is 0. The summed E-state index contributed by atoms with van der Waals surface area (Å²) < 4.78 is 0.